The summed E-state index contributed by atoms with van der Waals surface area (Å²) < 4.78 is 5.62. The van der Waals surface area contributed by atoms with Crippen LogP contribution in [0.25, 0.3) is 0 Å². The minimum atomic E-state index is 0.304. The number of aryl methyl sites for hydroxylation is 1. The van der Waals surface area contributed by atoms with Crippen LogP contribution < -0.4 is 4.74 Å². The van der Waals surface area contributed by atoms with Gasteiger partial charge in [-0.3, -0.25) is 0 Å². The maximum absolute atomic E-state index is 6.04. The molecule has 17 heavy (non-hydrogen) atoms. The van der Waals surface area contributed by atoms with Gasteiger partial charge in [-0.15, -0.1) is 0 Å². The van der Waals surface area contributed by atoms with Gasteiger partial charge in [0.2, 0.25) is 0 Å². The lowest BCUT2D eigenvalue weighted by Crippen LogP contribution is -1.86. The molecule has 2 aromatic rings. The zero-order valence-corrected chi connectivity index (χ0v) is 11.3. The van der Waals surface area contributed by atoms with E-state index in [0.29, 0.717) is 26.6 Å². The van der Waals surface area contributed by atoms with E-state index in [1.807, 2.05) is 31.2 Å². The van der Waals surface area contributed by atoms with Crippen molar-refractivity contribution in [2.45, 2.75) is 6.92 Å². The van der Waals surface area contributed by atoms with Crippen LogP contribution in [0.1, 0.15) is 5.56 Å². The van der Waals surface area contributed by atoms with Crippen molar-refractivity contribution in [3.05, 3.63) is 57.0 Å². The summed E-state index contributed by atoms with van der Waals surface area (Å²) in [7, 11) is 0. The van der Waals surface area contributed by atoms with E-state index in [9.17, 15) is 0 Å². The molecule has 0 amide bonds. The van der Waals surface area contributed by atoms with Crippen molar-refractivity contribution in [3.8, 4) is 11.5 Å². The van der Waals surface area contributed by atoms with Crippen LogP contribution in [-0.2, 0) is 0 Å². The Balaban J connectivity index is 2.30. The Labute approximate surface area is 115 Å². The molecular weight excluding hydrogens is 279 g/mol. The van der Waals surface area contributed by atoms with Gasteiger partial charge in [0.1, 0.15) is 16.5 Å². The van der Waals surface area contributed by atoms with E-state index < -0.39 is 0 Å². The number of halogens is 3. The third kappa shape index (κ3) is 2.86. The highest BCUT2D eigenvalue weighted by atomic mass is 35.5. The van der Waals surface area contributed by atoms with Gasteiger partial charge in [0, 0.05) is 0 Å². The second-order valence-electron chi connectivity index (χ2n) is 3.59. The van der Waals surface area contributed by atoms with Gasteiger partial charge in [0.05, 0.1) is 10.0 Å². The molecule has 0 radical (unpaired) electrons. The smallest absolute Gasteiger partial charge is 0.147 e. The van der Waals surface area contributed by atoms with E-state index >= 15 is 0 Å². The summed E-state index contributed by atoms with van der Waals surface area (Å²) in [6, 6.07) is 11.0. The zero-order valence-electron chi connectivity index (χ0n) is 9.01. The Morgan fingerprint density at radius 2 is 1.47 bits per heavy atom. The van der Waals surface area contributed by atoms with Gasteiger partial charge < -0.3 is 4.74 Å². The van der Waals surface area contributed by atoms with Gasteiger partial charge >= 0.3 is 0 Å². The van der Waals surface area contributed by atoms with Crippen molar-refractivity contribution in [1.82, 2.24) is 0 Å². The van der Waals surface area contributed by atoms with Gasteiger partial charge in [-0.25, -0.2) is 0 Å². The minimum Gasteiger partial charge on any atom is -0.456 e. The summed E-state index contributed by atoms with van der Waals surface area (Å²) in [4.78, 5) is 0. The Bertz CT molecular complexity index is 535. The van der Waals surface area contributed by atoms with Crippen LogP contribution in [0.5, 0.6) is 11.5 Å². The fourth-order valence-electron chi connectivity index (χ4n) is 1.32. The van der Waals surface area contributed by atoms with Crippen LogP contribution in [0.3, 0.4) is 0 Å². The van der Waals surface area contributed by atoms with Crippen molar-refractivity contribution in [2.24, 2.45) is 0 Å². The molecule has 4 heteroatoms. The number of ether oxygens (including phenoxy) is 1. The fourth-order valence-corrected chi connectivity index (χ4v) is 1.89. The van der Waals surface area contributed by atoms with Gasteiger partial charge in [-0.1, -0.05) is 52.5 Å². The quantitative estimate of drug-likeness (QED) is 0.639. The number of rotatable bonds is 2. The largest absolute Gasteiger partial charge is 0.456 e. The molecule has 2 rings (SSSR count). The summed E-state index contributed by atoms with van der Waals surface area (Å²) in [5.74, 6) is 1.20. The summed E-state index contributed by atoms with van der Waals surface area (Å²) in [5, 5.41) is 1.03. The van der Waals surface area contributed by atoms with Crippen LogP contribution in [0, 0.1) is 6.92 Å². The summed E-state index contributed by atoms with van der Waals surface area (Å²) in [6.07, 6.45) is 0. The highest BCUT2D eigenvalue weighted by Crippen LogP contribution is 2.38. The fraction of sp³-hybridized carbons (Fsp3) is 0.0769. The van der Waals surface area contributed by atoms with Gasteiger partial charge in [-0.05, 0) is 31.2 Å². The highest BCUT2D eigenvalue weighted by Gasteiger charge is 2.10. The topological polar surface area (TPSA) is 9.23 Å². The highest BCUT2D eigenvalue weighted by molar-refractivity contribution is 6.48. The Morgan fingerprint density at radius 3 is 2.12 bits per heavy atom. The molecule has 0 saturated heterocycles. The molecule has 0 fully saturated rings. The van der Waals surface area contributed by atoms with Crippen molar-refractivity contribution < 1.29 is 4.74 Å². The van der Waals surface area contributed by atoms with Crippen molar-refractivity contribution in [3.63, 3.8) is 0 Å². The van der Waals surface area contributed by atoms with Crippen molar-refractivity contribution in [2.75, 3.05) is 0 Å². The molecule has 2 aromatic carbocycles. The Hall–Kier alpha value is -0.890. The summed E-state index contributed by atoms with van der Waals surface area (Å²) in [5.41, 5.74) is 1.16. The van der Waals surface area contributed by atoms with E-state index in [4.69, 9.17) is 39.5 Å². The van der Waals surface area contributed by atoms with Gasteiger partial charge in [0.25, 0.3) is 0 Å². The standard InChI is InChI=1S/C13H9Cl3O/c1-8-2-4-9(5-3-8)17-11-7-6-10(14)12(15)13(11)16/h2-7H,1H3. The first-order valence-corrected chi connectivity index (χ1v) is 6.09. The lowest BCUT2D eigenvalue weighted by Gasteiger charge is -2.09. The monoisotopic (exact) mass is 286 g/mol. The Kier molecular flexibility index (Phi) is 3.82. The molecule has 0 heterocycles. The van der Waals surface area contributed by atoms with E-state index in [2.05, 4.69) is 0 Å². The molecule has 0 unspecified atom stereocenters. The SMILES string of the molecule is Cc1ccc(Oc2ccc(Cl)c(Cl)c2Cl)cc1. The zero-order chi connectivity index (χ0) is 12.4. The second-order valence-corrected chi connectivity index (χ2v) is 4.75. The first-order chi connectivity index (χ1) is 8.08. The molecule has 0 N–H and O–H groups in total. The molecule has 0 atom stereocenters. The predicted octanol–water partition coefficient (Wildman–Crippen LogP) is 5.75. The maximum Gasteiger partial charge on any atom is 0.147 e. The van der Waals surface area contributed by atoms with Crippen LogP contribution in [0.4, 0.5) is 0 Å². The summed E-state index contributed by atoms with van der Waals surface area (Å²) in [6.45, 7) is 2.01. The van der Waals surface area contributed by atoms with Gasteiger partial charge in [-0.2, -0.15) is 0 Å². The second kappa shape index (κ2) is 5.18. The van der Waals surface area contributed by atoms with Crippen LogP contribution in [-0.4, -0.2) is 0 Å². The van der Waals surface area contributed by atoms with Crippen LogP contribution in [0.2, 0.25) is 15.1 Å². The number of hydrogen-bond donors (Lipinski definition) is 0. The van der Waals surface area contributed by atoms with E-state index in [0.717, 1.165) is 5.56 Å². The molecule has 0 bridgehead atoms. The van der Waals surface area contributed by atoms with E-state index in [-0.39, 0.29) is 0 Å². The number of hydrogen-bond acceptors (Lipinski definition) is 1. The first kappa shape index (κ1) is 12.6. The molecule has 0 aliphatic rings. The molecule has 0 saturated carbocycles. The van der Waals surface area contributed by atoms with Crippen molar-refractivity contribution in [1.29, 1.82) is 0 Å². The van der Waals surface area contributed by atoms with Crippen LogP contribution >= 0.6 is 34.8 Å². The Morgan fingerprint density at radius 1 is 0.824 bits per heavy atom. The lowest BCUT2D eigenvalue weighted by molar-refractivity contribution is 0.483. The average Bonchev–Trinajstić information content (AvgIpc) is 2.33. The molecule has 0 spiro atoms. The third-order valence-electron chi connectivity index (χ3n) is 2.25. The first-order valence-electron chi connectivity index (χ1n) is 4.96. The molecule has 0 aromatic heterocycles. The van der Waals surface area contributed by atoms with E-state index in [1.165, 1.54) is 0 Å². The number of benzene rings is 2. The summed E-state index contributed by atoms with van der Waals surface area (Å²) >= 11 is 17.8. The minimum absolute atomic E-state index is 0.304. The molecule has 1 nitrogen and oxygen atoms in total. The third-order valence-corrected chi connectivity index (χ3v) is 3.52. The van der Waals surface area contributed by atoms with Crippen LogP contribution in [0.15, 0.2) is 36.4 Å². The van der Waals surface area contributed by atoms with E-state index in [1.54, 1.807) is 12.1 Å². The van der Waals surface area contributed by atoms with Gasteiger partial charge in [0.15, 0.2) is 0 Å². The predicted molar refractivity (Wildman–Crippen MR) is 72.7 cm³/mol. The molecule has 0 aliphatic carbocycles. The lowest BCUT2D eigenvalue weighted by atomic mass is 10.2. The normalized spacial score (nSPS) is 10.4. The van der Waals surface area contributed by atoms with Crippen molar-refractivity contribution >= 4 is 34.8 Å². The average molecular weight is 288 g/mol. The molecular formula is C13H9Cl3O. The molecule has 88 valence electrons. The maximum atomic E-state index is 6.04. The molecule has 0 aliphatic heterocycles.